The molecular formula is C12H14ClNO3. The average molecular weight is 256 g/mol. The van der Waals surface area contributed by atoms with Gasteiger partial charge in [0.25, 0.3) is 0 Å². The number of amides is 1. The van der Waals surface area contributed by atoms with Gasteiger partial charge in [-0.05, 0) is 24.3 Å². The minimum atomic E-state index is -0.386. The number of hydrogen-bond acceptors (Lipinski definition) is 3. The van der Waals surface area contributed by atoms with E-state index in [1.54, 1.807) is 31.3 Å². The van der Waals surface area contributed by atoms with E-state index in [0.717, 1.165) is 5.69 Å². The second kappa shape index (κ2) is 6.25. The first-order valence-electron chi connectivity index (χ1n) is 5.13. The summed E-state index contributed by atoms with van der Waals surface area (Å²) in [7, 11) is 2.96. The Balaban J connectivity index is 2.57. The number of esters is 1. The Labute approximate surface area is 105 Å². The minimum absolute atomic E-state index is 0.0905. The Hall–Kier alpha value is -1.55. The number of hydrogen-bond donors (Lipinski definition) is 0. The smallest absolute Gasteiger partial charge is 0.306 e. The molecule has 0 N–H and O–H groups in total. The summed E-state index contributed by atoms with van der Waals surface area (Å²) in [6.45, 7) is 0. The van der Waals surface area contributed by atoms with E-state index in [0.29, 0.717) is 5.02 Å². The van der Waals surface area contributed by atoms with Gasteiger partial charge < -0.3 is 9.64 Å². The predicted octanol–water partition coefficient (Wildman–Crippen LogP) is 2.26. The molecule has 0 unspecified atom stereocenters. The molecule has 1 rings (SSSR count). The molecule has 0 spiro atoms. The largest absolute Gasteiger partial charge is 0.469 e. The Morgan fingerprint density at radius 3 is 2.35 bits per heavy atom. The van der Waals surface area contributed by atoms with Gasteiger partial charge in [-0.25, -0.2) is 0 Å². The predicted molar refractivity (Wildman–Crippen MR) is 66.1 cm³/mol. The number of benzene rings is 1. The molecule has 0 aromatic heterocycles. The lowest BCUT2D eigenvalue weighted by molar-refractivity contribution is -0.141. The van der Waals surface area contributed by atoms with Crippen molar-refractivity contribution in [2.24, 2.45) is 0 Å². The monoisotopic (exact) mass is 255 g/mol. The molecule has 5 heteroatoms. The maximum Gasteiger partial charge on any atom is 0.306 e. The summed E-state index contributed by atoms with van der Waals surface area (Å²) >= 11 is 5.75. The molecule has 0 heterocycles. The van der Waals surface area contributed by atoms with Crippen LogP contribution in [0.2, 0.25) is 5.02 Å². The van der Waals surface area contributed by atoms with Crippen molar-refractivity contribution in [1.29, 1.82) is 0 Å². The van der Waals surface area contributed by atoms with Crippen LogP contribution in [0.4, 0.5) is 5.69 Å². The Morgan fingerprint density at radius 1 is 1.24 bits per heavy atom. The zero-order valence-corrected chi connectivity index (χ0v) is 10.5. The van der Waals surface area contributed by atoms with Gasteiger partial charge in [0.2, 0.25) is 5.91 Å². The summed E-state index contributed by atoms with van der Waals surface area (Å²) in [5, 5.41) is 0.615. The number of carbonyl (C=O) groups is 2. The highest BCUT2D eigenvalue weighted by Crippen LogP contribution is 2.17. The highest BCUT2D eigenvalue weighted by atomic mass is 35.5. The molecule has 17 heavy (non-hydrogen) atoms. The summed E-state index contributed by atoms with van der Waals surface area (Å²) in [4.78, 5) is 24.1. The quantitative estimate of drug-likeness (QED) is 0.776. The van der Waals surface area contributed by atoms with Gasteiger partial charge in [0.15, 0.2) is 0 Å². The number of halogens is 1. The summed E-state index contributed by atoms with van der Waals surface area (Å²) in [5.74, 6) is -0.527. The van der Waals surface area contributed by atoms with Crippen LogP contribution in [0.15, 0.2) is 24.3 Å². The summed E-state index contributed by atoms with van der Waals surface area (Å²) in [6.07, 6.45) is 0.221. The van der Waals surface area contributed by atoms with Crippen LogP contribution in [0.1, 0.15) is 12.8 Å². The number of nitrogens with zero attached hydrogens (tertiary/aromatic N) is 1. The second-order valence-corrected chi connectivity index (χ2v) is 3.94. The number of carbonyl (C=O) groups excluding carboxylic acids is 2. The van der Waals surface area contributed by atoms with E-state index in [4.69, 9.17) is 11.6 Å². The van der Waals surface area contributed by atoms with Crippen molar-refractivity contribution in [2.45, 2.75) is 12.8 Å². The van der Waals surface area contributed by atoms with Crippen LogP contribution >= 0.6 is 11.6 Å². The number of rotatable bonds is 4. The van der Waals surface area contributed by atoms with Crippen molar-refractivity contribution < 1.29 is 14.3 Å². The highest BCUT2D eigenvalue weighted by Gasteiger charge is 2.12. The van der Waals surface area contributed by atoms with E-state index in [2.05, 4.69) is 4.74 Å². The lowest BCUT2D eigenvalue weighted by Crippen LogP contribution is -2.26. The standard InChI is InChI=1S/C12H14ClNO3/c1-14(10-5-3-9(13)4-6-10)11(15)7-8-12(16)17-2/h3-6H,7-8H2,1-2H3. The van der Waals surface area contributed by atoms with Gasteiger partial charge in [-0.2, -0.15) is 0 Å². The molecule has 0 aliphatic heterocycles. The van der Waals surface area contributed by atoms with E-state index in [9.17, 15) is 9.59 Å². The molecular weight excluding hydrogens is 242 g/mol. The SMILES string of the molecule is COC(=O)CCC(=O)N(C)c1ccc(Cl)cc1. The first-order valence-corrected chi connectivity index (χ1v) is 5.51. The fraction of sp³-hybridized carbons (Fsp3) is 0.333. The van der Waals surface area contributed by atoms with Crippen LogP contribution in [-0.2, 0) is 14.3 Å². The van der Waals surface area contributed by atoms with Crippen molar-refractivity contribution in [3.63, 3.8) is 0 Å². The minimum Gasteiger partial charge on any atom is -0.469 e. The maximum absolute atomic E-state index is 11.7. The van der Waals surface area contributed by atoms with Gasteiger partial charge in [0.05, 0.1) is 13.5 Å². The van der Waals surface area contributed by atoms with Gasteiger partial charge in [-0.3, -0.25) is 9.59 Å². The van der Waals surface area contributed by atoms with Crippen LogP contribution in [-0.4, -0.2) is 26.0 Å². The van der Waals surface area contributed by atoms with Crippen molar-refractivity contribution in [3.8, 4) is 0 Å². The Bertz CT molecular complexity index is 403. The van der Waals surface area contributed by atoms with Crippen molar-refractivity contribution in [2.75, 3.05) is 19.1 Å². The fourth-order valence-electron chi connectivity index (χ4n) is 1.29. The molecule has 0 saturated heterocycles. The molecule has 92 valence electrons. The zero-order chi connectivity index (χ0) is 12.8. The molecule has 0 atom stereocenters. The average Bonchev–Trinajstić information content (AvgIpc) is 2.35. The molecule has 0 bridgehead atoms. The lowest BCUT2D eigenvalue weighted by Gasteiger charge is -2.17. The van der Waals surface area contributed by atoms with E-state index < -0.39 is 0 Å². The van der Waals surface area contributed by atoms with Crippen molar-refractivity contribution in [3.05, 3.63) is 29.3 Å². The third kappa shape index (κ3) is 4.07. The molecule has 0 aliphatic rings. The molecule has 1 amide bonds. The molecule has 1 aromatic carbocycles. The van der Waals surface area contributed by atoms with Crippen molar-refractivity contribution in [1.82, 2.24) is 0 Å². The van der Waals surface area contributed by atoms with Crippen LogP contribution in [0, 0.1) is 0 Å². The summed E-state index contributed by atoms with van der Waals surface area (Å²) in [6, 6.07) is 6.92. The van der Waals surface area contributed by atoms with Gasteiger partial charge in [0, 0.05) is 24.2 Å². The molecule has 0 fully saturated rings. The molecule has 4 nitrogen and oxygen atoms in total. The number of methoxy groups -OCH3 is 1. The van der Waals surface area contributed by atoms with E-state index in [-0.39, 0.29) is 24.7 Å². The lowest BCUT2D eigenvalue weighted by atomic mass is 10.2. The first kappa shape index (κ1) is 13.5. The van der Waals surface area contributed by atoms with Crippen LogP contribution < -0.4 is 4.90 Å². The number of anilines is 1. The molecule has 1 aromatic rings. The molecule has 0 saturated carbocycles. The van der Waals surface area contributed by atoms with Crippen LogP contribution in [0.5, 0.6) is 0 Å². The second-order valence-electron chi connectivity index (χ2n) is 3.51. The summed E-state index contributed by atoms with van der Waals surface area (Å²) < 4.78 is 4.47. The molecule has 0 radical (unpaired) electrons. The van der Waals surface area contributed by atoms with Gasteiger partial charge >= 0.3 is 5.97 Å². The zero-order valence-electron chi connectivity index (χ0n) is 9.77. The highest BCUT2D eigenvalue weighted by molar-refractivity contribution is 6.30. The summed E-state index contributed by atoms with van der Waals surface area (Å²) in [5.41, 5.74) is 0.740. The topological polar surface area (TPSA) is 46.6 Å². The van der Waals surface area contributed by atoms with Gasteiger partial charge in [0.1, 0.15) is 0 Å². The van der Waals surface area contributed by atoms with Crippen LogP contribution in [0.3, 0.4) is 0 Å². The van der Waals surface area contributed by atoms with Gasteiger partial charge in [-0.1, -0.05) is 11.6 Å². The maximum atomic E-state index is 11.7. The first-order chi connectivity index (χ1) is 8.04. The van der Waals surface area contributed by atoms with E-state index >= 15 is 0 Å². The third-order valence-electron chi connectivity index (χ3n) is 2.36. The van der Waals surface area contributed by atoms with Crippen molar-refractivity contribution >= 4 is 29.2 Å². The van der Waals surface area contributed by atoms with Gasteiger partial charge in [-0.15, -0.1) is 0 Å². The van der Waals surface area contributed by atoms with E-state index in [1.807, 2.05) is 0 Å². The molecule has 0 aliphatic carbocycles. The third-order valence-corrected chi connectivity index (χ3v) is 2.61. The fourth-order valence-corrected chi connectivity index (χ4v) is 1.41. The Kier molecular flexibility index (Phi) is 4.97. The Morgan fingerprint density at radius 2 is 1.82 bits per heavy atom. The normalized spacial score (nSPS) is 9.82. The van der Waals surface area contributed by atoms with Crippen LogP contribution in [0.25, 0.3) is 0 Å². The van der Waals surface area contributed by atoms with E-state index in [1.165, 1.54) is 12.0 Å². The number of ether oxygens (including phenoxy) is 1.